The molecule has 1 aliphatic rings. The first kappa shape index (κ1) is 21.4. The molecule has 1 unspecified atom stereocenters. The fourth-order valence-corrected chi connectivity index (χ4v) is 3.79. The van der Waals surface area contributed by atoms with E-state index in [-0.39, 0.29) is 17.7 Å². The van der Waals surface area contributed by atoms with E-state index in [0.29, 0.717) is 23.9 Å². The molecule has 1 aliphatic heterocycles. The topological polar surface area (TPSA) is 58.8 Å². The van der Waals surface area contributed by atoms with Gasteiger partial charge < -0.3 is 19.1 Å². The summed E-state index contributed by atoms with van der Waals surface area (Å²) in [4.78, 5) is 17.2. The Morgan fingerprint density at radius 3 is 2.52 bits per heavy atom. The van der Waals surface area contributed by atoms with Crippen LogP contribution in [0.4, 0.5) is 5.69 Å². The minimum atomic E-state index is -0.170. The van der Waals surface area contributed by atoms with Crippen LogP contribution in [0, 0.1) is 0 Å². The van der Waals surface area contributed by atoms with Gasteiger partial charge >= 0.3 is 0 Å². The molecule has 2 aromatic carbocycles. The minimum absolute atomic E-state index is 0.0487. The molecule has 0 radical (unpaired) electrons. The van der Waals surface area contributed by atoms with Crippen LogP contribution in [0.25, 0.3) is 11.3 Å². The highest BCUT2D eigenvalue weighted by Gasteiger charge is 2.26. The van der Waals surface area contributed by atoms with Crippen molar-refractivity contribution in [3.8, 4) is 11.3 Å². The third-order valence-corrected chi connectivity index (χ3v) is 5.67. The second-order valence-electron chi connectivity index (χ2n) is 7.96. The van der Waals surface area contributed by atoms with Gasteiger partial charge in [-0.1, -0.05) is 28.9 Å². The van der Waals surface area contributed by atoms with Gasteiger partial charge in [0.1, 0.15) is 0 Å². The van der Waals surface area contributed by atoms with Crippen LogP contribution in [0.15, 0.2) is 59.1 Å². The Labute approximate surface area is 187 Å². The number of aromatic nitrogens is 1. The van der Waals surface area contributed by atoms with Gasteiger partial charge in [-0.05, 0) is 54.8 Å². The van der Waals surface area contributed by atoms with Crippen molar-refractivity contribution in [1.82, 2.24) is 10.1 Å². The summed E-state index contributed by atoms with van der Waals surface area (Å²) in [7, 11) is 4.01. The maximum atomic E-state index is 13.3. The van der Waals surface area contributed by atoms with E-state index in [2.05, 4.69) is 17.3 Å². The van der Waals surface area contributed by atoms with Crippen molar-refractivity contribution in [3.63, 3.8) is 0 Å². The van der Waals surface area contributed by atoms with Crippen molar-refractivity contribution >= 4 is 23.2 Å². The highest BCUT2D eigenvalue weighted by atomic mass is 35.5. The number of anilines is 1. The molecule has 0 N–H and O–H groups in total. The molecule has 4 rings (SSSR count). The van der Waals surface area contributed by atoms with Gasteiger partial charge in [-0.3, -0.25) is 4.79 Å². The van der Waals surface area contributed by atoms with Crippen LogP contribution in [0.3, 0.4) is 0 Å². The molecule has 31 heavy (non-hydrogen) atoms. The summed E-state index contributed by atoms with van der Waals surface area (Å²) >= 11 is 5.96. The third-order valence-electron chi connectivity index (χ3n) is 5.42. The number of carbonyl (C=O) groups excluding carboxylic acids is 1. The van der Waals surface area contributed by atoms with Crippen molar-refractivity contribution < 1.29 is 14.1 Å². The molecule has 1 aromatic heterocycles. The quantitative estimate of drug-likeness (QED) is 0.525. The molecule has 1 fully saturated rings. The molecule has 2 heterocycles. The van der Waals surface area contributed by atoms with E-state index in [0.717, 1.165) is 36.3 Å². The summed E-state index contributed by atoms with van der Waals surface area (Å²) in [5.74, 6) is 0.364. The van der Waals surface area contributed by atoms with E-state index in [1.165, 1.54) is 0 Å². The van der Waals surface area contributed by atoms with Crippen LogP contribution in [0.5, 0.6) is 0 Å². The lowest BCUT2D eigenvalue weighted by atomic mass is 10.1. The molecular weight excluding hydrogens is 414 g/mol. The van der Waals surface area contributed by atoms with Crippen LogP contribution in [0.1, 0.15) is 28.9 Å². The molecule has 3 aromatic rings. The summed E-state index contributed by atoms with van der Waals surface area (Å²) in [6, 6.07) is 17.1. The minimum Gasteiger partial charge on any atom is -0.378 e. The second kappa shape index (κ2) is 9.54. The Morgan fingerprint density at radius 1 is 1.13 bits per heavy atom. The molecule has 162 valence electrons. The summed E-state index contributed by atoms with van der Waals surface area (Å²) < 4.78 is 11.2. The molecule has 0 saturated carbocycles. The molecule has 6 nitrogen and oxygen atoms in total. The predicted molar refractivity (Wildman–Crippen MR) is 121 cm³/mol. The number of nitrogens with zero attached hydrogens (tertiary/aromatic N) is 3. The summed E-state index contributed by atoms with van der Waals surface area (Å²) in [6.45, 7) is 1.75. The normalized spacial score (nSPS) is 15.8. The van der Waals surface area contributed by atoms with Gasteiger partial charge in [-0.15, -0.1) is 0 Å². The number of ether oxygens (including phenoxy) is 1. The monoisotopic (exact) mass is 439 g/mol. The first-order chi connectivity index (χ1) is 15.0. The van der Waals surface area contributed by atoms with Gasteiger partial charge in [0.2, 0.25) is 0 Å². The maximum Gasteiger partial charge on any atom is 0.276 e. The van der Waals surface area contributed by atoms with E-state index in [1.807, 2.05) is 43.3 Å². The molecule has 1 atom stereocenters. The van der Waals surface area contributed by atoms with Crippen molar-refractivity contribution in [1.29, 1.82) is 0 Å². The van der Waals surface area contributed by atoms with E-state index in [9.17, 15) is 4.79 Å². The Hall–Kier alpha value is -2.83. The van der Waals surface area contributed by atoms with E-state index >= 15 is 0 Å². The summed E-state index contributed by atoms with van der Waals surface area (Å²) in [6.07, 6.45) is 2.03. The first-order valence-corrected chi connectivity index (χ1v) is 10.8. The SMILES string of the molecule is CN(C)c1ccc(CN(CC2CCCO2)C(=O)c2cc(-c3ccc(Cl)cc3)on2)cc1. The Bertz CT molecular complexity index is 1010. The van der Waals surface area contributed by atoms with E-state index in [1.54, 1.807) is 23.1 Å². The fraction of sp³-hybridized carbons (Fsp3) is 0.333. The van der Waals surface area contributed by atoms with Gasteiger partial charge in [0, 0.05) is 56.1 Å². The number of carbonyl (C=O) groups is 1. The number of amides is 1. The molecule has 0 aliphatic carbocycles. The van der Waals surface area contributed by atoms with Crippen LogP contribution in [-0.2, 0) is 11.3 Å². The van der Waals surface area contributed by atoms with Crippen molar-refractivity contribution in [2.45, 2.75) is 25.5 Å². The van der Waals surface area contributed by atoms with E-state index in [4.69, 9.17) is 20.9 Å². The van der Waals surface area contributed by atoms with E-state index < -0.39 is 0 Å². The van der Waals surface area contributed by atoms with Gasteiger partial charge in [0.25, 0.3) is 5.91 Å². The molecule has 7 heteroatoms. The van der Waals surface area contributed by atoms with Gasteiger partial charge in [-0.2, -0.15) is 0 Å². The average molecular weight is 440 g/mol. The van der Waals surface area contributed by atoms with Crippen LogP contribution in [-0.4, -0.2) is 49.3 Å². The average Bonchev–Trinajstić information content (AvgIpc) is 3.46. The smallest absolute Gasteiger partial charge is 0.276 e. The maximum absolute atomic E-state index is 13.3. The molecule has 0 bridgehead atoms. The van der Waals surface area contributed by atoms with Crippen LogP contribution >= 0.6 is 11.6 Å². The number of benzene rings is 2. The van der Waals surface area contributed by atoms with Crippen LogP contribution in [0.2, 0.25) is 5.02 Å². The summed E-state index contributed by atoms with van der Waals surface area (Å²) in [5, 5.41) is 4.68. The zero-order valence-corrected chi connectivity index (χ0v) is 18.5. The van der Waals surface area contributed by atoms with Gasteiger partial charge in [0.05, 0.1) is 6.10 Å². The molecule has 0 spiro atoms. The van der Waals surface area contributed by atoms with Crippen molar-refractivity contribution in [3.05, 3.63) is 70.9 Å². The fourth-order valence-electron chi connectivity index (χ4n) is 3.66. The Balaban J connectivity index is 1.54. The predicted octanol–water partition coefficient (Wildman–Crippen LogP) is 4.88. The largest absolute Gasteiger partial charge is 0.378 e. The summed E-state index contributed by atoms with van der Waals surface area (Å²) in [5.41, 5.74) is 3.27. The first-order valence-electron chi connectivity index (χ1n) is 10.4. The van der Waals surface area contributed by atoms with Crippen LogP contribution < -0.4 is 4.90 Å². The standard InChI is InChI=1S/C24H26ClN3O3/c1-27(2)20-11-5-17(6-12-20)15-28(16-21-4-3-13-30-21)24(29)22-14-23(31-26-22)18-7-9-19(25)10-8-18/h5-12,14,21H,3-4,13,15-16H2,1-2H3. The number of hydrogen-bond acceptors (Lipinski definition) is 5. The van der Waals surface area contributed by atoms with Gasteiger partial charge in [0.15, 0.2) is 11.5 Å². The van der Waals surface area contributed by atoms with Crippen molar-refractivity contribution in [2.75, 3.05) is 32.1 Å². The molecule has 1 amide bonds. The zero-order chi connectivity index (χ0) is 21.8. The molecule has 1 saturated heterocycles. The highest BCUT2D eigenvalue weighted by Crippen LogP contribution is 2.24. The lowest BCUT2D eigenvalue weighted by Crippen LogP contribution is -2.37. The zero-order valence-electron chi connectivity index (χ0n) is 17.8. The second-order valence-corrected chi connectivity index (χ2v) is 8.40. The Kier molecular flexibility index (Phi) is 6.59. The van der Waals surface area contributed by atoms with Crippen molar-refractivity contribution in [2.24, 2.45) is 0 Å². The van der Waals surface area contributed by atoms with Gasteiger partial charge in [-0.25, -0.2) is 0 Å². The number of hydrogen-bond donors (Lipinski definition) is 0. The lowest BCUT2D eigenvalue weighted by Gasteiger charge is -2.25. The number of rotatable bonds is 7. The lowest BCUT2D eigenvalue weighted by molar-refractivity contribution is 0.0499. The third kappa shape index (κ3) is 5.27. The Morgan fingerprint density at radius 2 is 1.87 bits per heavy atom. The highest BCUT2D eigenvalue weighted by molar-refractivity contribution is 6.30. The molecular formula is C24H26ClN3O3. The number of halogens is 1.